The van der Waals surface area contributed by atoms with Gasteiger partial charge in [-0.25, -0.2) is 4.39 Å². The zero-order valence-corrected chi connectivity index (χ0v) is 17.5. The zero-order valence-electron chi connectivity index (χ0n) is 15.1. The molecule has 0 spiro atoms. The van der Waals surface area contributed by atoms with E-state index in [1.165, 1.54) is 24.3 Å². The van der Waals surface area contributed by atoms with Crippen LogP contribution in [0.15, 0.2) is 34.9 Å². The van der Waals surface area contributed by atoms with Crippen molar-refractivity contribution in [3.05, 3.63) is 52.0 Å². The Labute approximate surface area is 171 Å². The molecule has 2 aromatic rings. The molecule has 0 N–H and O–H groups in total. The summed E-state index contributed by atoms with van der Waals surface area (Å²) in [4.78, 5) is 28.9. The second kappa shape index (κ2) is 8.95. The molecule has 1 saturated heterocycles. The number of amides is 1. The zero-order chi connectivity index (χ0) is 18.8. The van der Waals surface area contributed by atoms with Crippen LogP contribution in [0.1, 0.15) is 27.8 Å². The molecule has 1 amide bonds. The number of rotatable bonds is 4. The van der Waals surface area contributed by atoms with Crippen LogP contribution < -0.4 is 0 Å². The molecule has 0 aliphatic carbocycles. The fourth-order valence-corrected chi connectivity index (χ4v) is 3.69. The minimum atomic E-state index is -0.358. The van der Waals surface area contributed by atoms with E-state index in [0.717, 1.165) is 0 Å². The molecular formula is C18H21BrClFN4O2. The summed E-state index contributed by atoms with van der Waals surface area (Å²) in [6, 6.07) is 5.54. The minimum Gasteiger partial charge on any atom is -0.332 e. The first-order valence-corrected chi connectivity index (χ1v) is 9.15. The molecular weight excluding hydrogens is 439 g/mol. The Balaban J connectivity index is 0.00000261. The maximum atomic E-state index is 13.0. The van der Waals surface area contributed by atoms with Crippen LogP contribution in [0, 0.1) is 5.82 Å². The Kier molecular flexibility index (Phi) is 7.13. The van der Waals surface area contributed by atoms with E-state index < -0.39 is 0 Å². The lowest BCUT2D eigenvalue weighted by molar-refractivity contribution is 0.0476. The number of hydrogen-bond acceptors (Lipinski definition) is 4. The van der Waals surface area contributed by atoms with Crippen molar-refractivity contribution >= 4 is 40.0 Å². The van der Waals surface area contributed by atoms with E-state index >= 15 is 0 Å². The van der Waals surface area contributed by atoms with E-state index in [4.69, 9.17) is 0 Å². The van der Waals surface area contributed by atoms with E-state index in [2.05, 4.69) is 21.0 Å². The number of Topliss-reactive ketones (excluding diaryl/α,β-unsaturated/α-hetero) is 1. The van der Waals surface area contributed by atoms with Gasteiger partial charge in [0, 0.05) is 44.5 Å². The Morgan fingerprint density at radius 2 is 1.93 bits per heavy atom. The van der Waals surface area contributed by atoms with Gasteiger partial charge in [-0.1, -0.05) is 0 Å². The molecule has 27 heavy (non-hydrogen) atoms. The van der Waals surface area contributed by atoms with Crippen LogP contribution in [-0.4, -0.2) is 63.5 Å². The first-order chi connectivity index (χ1) is 12.3. The minimum absolute atomic E-state index is 0. The highest BCUT2D eigenvalue weighted by Crippen LogP contribution is 2.20. The molecule has 1 atom stereocenters. The predicted molar refractivity (Wildman–Crippen MR) is 106 cm³/mol. The van der Waals surface area contributed by atoms with Crippen molar-refractivity contribution < 1.29 is 14.0 Å². The smallest absolute Gasteiger partial charge is 0.275 e. The number of halogens is 3. The van der Waals surface area contributed by atoms with Crippen LogP contribution >= 0.6 is 28.3 Å². The quantitative estimate of drug-likeness (QED) is 0.660. The van der Waals surface area contributed by atoms with E-state index in [0.29, 0.717) is 35.4 Å². The number of benzene rings is 1. The molecule has 2 heterocycles. The largest absolute Gasteiger partial charge is 0.332 e. The van der Waals surface area contributed by atoms with Gasteiger partial charge in [0.1, 0.15) is 5.82 Å². The Hall–Kier alpha value is -1.77. The molecule has 3 rings (SSSR count). The summed E-state index contributed by atoms with van der Waals surface area (Å²) in [7, 11) is 1.77. The first kappa shape index (κ1) is 21.5. The monoisotopic (exact) mass is 458 g/mol. The molecule has 1 aromatic heterocycles. The fourth-order valence-electron chi connectivity index (χ4n) is 3.15. The molecule has 146 valence electrons. The summed E-state index contributed by atoms with van der Waals surface area (Å²) in [5, 5.41) is 4.21. The van der Waals surface area contributed by atoms with Gasteiger partial charge in [-0.05, 0) is 47.1 Å². The lowest BCUT2D eigenvalue weighted by atomic mass is 10.1. The van der Waals surface area contributed by atoms with E-state index in [1.807, 2.05) is 11.8 Å². The van der Waals surface area contributed by atoms with Crippen LogP contribution in [0.25, 0.3) is 0 Å². The van der Waals surface area contributed by atoms with Gasteiger partial charge < -0.3 is 4.90 Å². The van der Waals surface area contributed by atoms with Gasteiger partial charge in [0.15, 0.2) is 11.5 Å². The van der Waals surface area contributed by atoms with E-state index in [1.54, 1.807) is 22.8 Å². The van der Waals surface area contributed by atoms with Crippen LogP contribution in [0.5, 0.6) is 0 Å². The summed E-state index contributed by atoms with van der Waals surface area (Å²) in [6.45, 7) is 3.95. The van der Waals surface area contributed by atoms with Gasteiger partial charge in [0.05, 0.1) is 11.0 Å². The summed E-state index contributed by atoms with van der Waals surface area (Å²) in [5.74, 6) is -0.526. The van der Waals surface area contributed by atoms with Crippen LogP contribution in [0.3, 0.4) is 0 Å². The first-order valence-electron chi connectivity index (χ1n) is 8.36. The number of piperazine rings is 1. The molecule has 1 aromatic carbocycles. The van der Waals surface area contributed by atoms with E-state index in [9.17, 15) is 14.0 Å². The molecule has 1 unspecified atom stereocenters. The van der Waals surface area contributed by atoms with Crippen LogP contribution in [0.4, 0.5) is 4.39 Å². The highest BCUT2D eigenvalue weighted by atomic mass is 79.9. The normalized spacial score (nSPS) is 17.5. The van der Waals surface area contributed by atoms with Gasteiger partial charge in [-0.15, -0.1) is 12.4 Å². The second-order valence-corrected chi connectivity index (χ2v) is 7.37. The summed E-state index contributed by atoms with van der Waals surface area (Å²) < 4.78 is 15.2. The van der Waals surface area contributed by atoms with Crippen molar-refractivity contribution in [2.45, 2.75) is 13.0 Å². The maximum absolute atomic E-state index is 13.0. The number of carbonyl (C=O) groups is 2. The third-order valence-electron chi connectivity index (χ3n) is 4.49. The Bertz CT molecular complexity index is 827. The molecule has 1 aliphatic heterocycles. The Morgan fingerprint density at radius 1 is 1.26 bits per heavy atom. The number of carbonyl (C=O) groups excluding carboxylic acids is 2. The predicted octanol–water partition coefficient (Wildman–Crippen LogP) is 2.77. The van der Waals surface area contributed by atoms with E-state index in [-0.39, 0.29) is 42.5 Å². The summed E-state index contributed by atoms with van der Waals surface area (Å²) in [5.41, 5.74) is 0.894. The van der Waals surface area contributed by atoms with Crippen molar-refractivity contribution in [2.75, 3.05) is 26.2 Å². The molecule has 1 fully saturated rings. The number of ketones is 1. The molecule has 0 radical (unpaired) electrons. The maximum Gasteiger partial charge on any atom is 0.275 e. The summed E-state index contributed by atoms with van der Waals surface area (Å²) in [6.07, 6.45) is 1.75. The molecule has 0 saturated carbocycles. The number of nitrogens with zero attached hydrogens (tertiary/aromatic N) is 4. The second-order valence-electron chi connectivity index (χ2n) is 6.51. The van der Waals surface area contributed by atoms with Crippen molar-refractivity contribution in [3.63, 3.8) is 0 Å². The molecule has 0 bridgehead atoms. The van der Waals surface area contributed by atoms with Crippen LogP contribution in [0.2, 0.25) is 0 Å². The lowest BCUT2D eigenvalue weighted by Gasteiger charge is -2.39. The average molecular weight is 460 g/mol. The number of aryl methyl sites for hydroxylation is 1. The highest BCUT2D eigenvalue weighted by molar-refractivity contribution is 9.10. The van der Waals surface area contributed by atoms with Gasteiger partial charge in [-0.2, -0.15) is 5.10 Å². The van der Waals surface area contributed by atoms with Crippen molar-refractivity contribution in [2.24, 2.45) is 7.05 Å². The van der Waals surface area contributed by atoms with Crippen molar-refractivity contribution in [3.8, 4) is 0 Å². The van der Waals surface area contributed by atoms with Gasteiger partial charge >= 0.3 is 0 Å². The van der Waals surface area contributed by atoms with Crippen molar-refractivity contribution in [1.82, 2.24) is 19.6 Å². The standard InChI is InChI=1S/C18H20BrFN4O2.ClH/c1-12-9-23(11-16(25)13-3-5-14(20)6-4-13)7-8-24(12)18(26)17-15(19)10-22(2)21-17;/h3-6,10,12H,7-9,11H2,1-2H3;1H. The summed E-state index contributed by atoms with van der Waals surface area (Å²) >= 11 is 3.37. The third-order valence-corrected chi connectivity index (χ3v) is 5.07. The molecule has 6 nitrogen and oxygen atoms in total. The van der Waals surface area contributed by atoms with Crippen molar-refractivity contribution in [1.29, 1.82) is 0 Å². The average Bonchev–Trinajstić information content (AvgIpc) is 2.93. The lowest BCUT2D eigenvalue weighted by Crippen LogP contribution is -2.55. The van der Waals surface area contributed by atoms with Gasteiger partial charge in [-0.3, -0.25) is 19.2 Å². The number of aromatic nitrogens is 2. The topological polar surface area (TPSA) is 58.4 Å². The SMILES string of the molecule is CC1CN(CC(=O)c2ccc(F)cc2)CCN1C(=O)c1nn(C)cc1Br.Cl. The third kappa shape index (κ3) is 4.94. The molecule has 1 aliphatic rings. The molecule has 9 heteroatoms. The Morgan fingerprint density at radius 3 is 2.48 bits per heavy atom. The van der Waals surface area contributed by atoms with Gasteiger partial charge in [0.25, 0.3) is 5.91 Å². The van der Waals surface area contributed by atoms with Gasteiger partial charge in [0.2, 0.25) is 0 Å². The van der Waals surface area contributed by atoms with Crippen LogP contribution in [-0.2, 0) is 7.05 Å². The fraction of sp³-hybridized carbons (Fsp3) is 0.389. The number of hydrogen-bond donors (Lipinski definition) is 0. The highest BCUT2D eigenvalue weighted by Gasteiger charge is 2.31.